The van der Waals surface area contributed by atoms with Crippen LogP contribution in [0.4, 0.5) is 0 Å². The fourth-order valence-corrected chi connectivity index (χ4v) is 3.42. The summed E-state index contributed by atoms with van der Waals surface area (Å²) >= 11 is 12.1. The molecule has 1 aliphatic heterocycles. The van der Waals surface area contributed by atoms with Gasteiger partial charge >= 0.3 is 0 Å². The minimum absolute atomic E-state index is 0.0441. The van der Waals surface area contributed by atoms with Crippen LogP contribution in [0.25, 0.3) is 0 Å². The topological polar surface area (TPSA) is 32.3 Å². The molecule has 2 rings (SSSR count). The molecule has 21 heavy (non-hydrogen) atoms. The molecule has 0 unspecified atom stereocenters. The van der Waals surface area contributed by atoms with Crippen LogP contribution < -0.4 is 5.32 Å². The molecule has 1 saturated heterocycles. The van der Waals surface area contributed by atoms with E-state index in [1.165, 1.54) is 12.8 Å². The molecule has 1 amide bonds. The molecule has 0 radical (unpaired) electrons. The highest BCUT2D eigenvalue weighted by atomic mass is 35.5. The molecule has 1 heterocycles. The molecule has 0 saturated carbocycles. The van der Waals surface area contributed by atoms with E-state index in [9.17, 15) is 4.79 Å². The summed E-state index contributed by atoms with van der Waals surface area (Å²) in [5, 5.41) is 4.20. The van der Waals surface area contributed by atoms with E-state index in [2.05, 4.69) is 17.1 Å². The van der Waals surface area contributed by atoms with Crippen LogP contribution in [0.5, 0.6) is 0 Å². The number of carbonyl (C=O) groups is 1. The van der Waals surface area contributed by atoms with E-state index >= 15 is 0 Å². The van der Waals surface area contributed by atoms with Gasteiger partial charge < -0.3 is 5.32 Å². The van der Waals surface area contributed by atoms with Crippen molar-refractivity contribution < 1.29 is 4.79 Å². The Bertz CT molecular complexity index is 507. The zero-order valence-electron chi connectivity index (χ0n) is 12.5. The predicted octanol–water partition coefficient (Wildman–Crippen LogP) is 3.90. The van der Waals surface area contributed by atoms with Crippen LogP contribution in [0.1, 0.15) is 38.3 Å². The van der Waals surface area contributed by atoms with Gasteiger partial charge in [-0.2, -0.15) is 0 Å². The molecule has 0 aromatic heterocycles. The number of halogens is 2. The molecule has 1 fully saturated rings. The zero-order valence-corrected chi connectivity index (χ0v) is 14.0. The van der Waals surface area contributed by atoms with Crippen LogP contribution in [0.2, 0.25) is 10.0 Å². The number of nitrogens with one attached hydrogen (secondary N) is 1. The molecule has 116 valence electrons. The molecule has 0 aliphatic carbocycles. The fourth-order valence-electron chi connectivity index (χ4n) is 2.85. The van der Waals surface area contributed by atoms with Crippen LogP contribution in [-0.2, 0) is 4.79 Å². The van der Waals surface area contributed by atoms with Crippen molar-refractivity contribution in [3.8, 4) is 0 Å². The fraction of sp³-hybridized carbons (Fsp3) is 0.562. The van der Waals surface area contributed by atoms with Crippen molar-refractivity contribution in [2.45, 2.75) is 32.7 Å². The number of hydrogen-bond acceptors (Lipinski definition) is 2. The van der Waals surface area contributed by atoms with Crippen molar-refractivity contribution in [1.29, 1.82) is 0 Å². The third-order valence-electron chi connectivity index (χ3n) is 3.91. The Morgan fingerprint density at radius 2 is 2.24 bits per heavy atom. The molecule has 1 aromatic rings. The molecule has 1 aliphatic rings. The summed E-state index contributed by atoms with van der Waals surface area (Å²) < 4.78 is 0. The number of rotatable bonds is 4. The Kier molecular flexibility index (Phi) is 5.91. The average Bonchev–Trinajstić information content (AvgIpc) is 2.38. The lowest BCUT2D eigenvalue weighted by Crippen LogP contribution is -2.42. The maximum atomic E-state index is 12.2. The van der Waals surface area contributed by atoms with E-state index < -0.39 is 0 Å². The number of piperidine rings is 1. The summed E-state index contributed by atoms with van der Waals surface area (Å²) in [5.74, 6) is 0.720. The number of benzene rings is 1. The second kappa shape index (κ2) is 7.48. The summed E-state index contributed by atoms with van der Waals surface area (Å²) in [6.07, 6.45) is 2.43. The number of carbonyl (C=O) groups excluding carboxylic acids is 1. The first-order valence-electron chi connectivity index (χ1n) is 7.42. The van der Waals surface area contributed by atoms with Crippen LogP contribution in [-0.4, -0.2) is 30.4 Å². The van der Waals surface area contributed by atoms with Crippen molar-refractivity contribution in [1.82, 2.24) is 10.2 Å². The van der Waals surface area contributed by atoms with Gasteiger partial charge in [0.1, 0.15) is 0 Å². The molecular weight excluding hydrogens is 307 g/mol. The Hall–Kier alpha value is -0.770. The summed E-state index contributed by atoms with van der Waals surface area (Å²) in [6.45, 7) is 6.64. The van der Waals surface area contributed by atoms with Gasteiger partial charge in [-0.05, 0) is 49.9 Å². The van der Waals surface area contributed by atoms with Crippen LogP contribution in [0.15, 0.2) is 18.2 Å². The molecular formula is C16H22Cl2N2O. The lowest BCUT2D eigenvalue weighted by Gasteiger charge is -2.30. The van der Waals surface area contributed by atoms with Gasteiger partial charge in [0.15, 0.2) is 0 Å². The van der Waals surface area contributed by atoms with Gasteiger partial charge in [-0.1, -0.05) is 36.2 Å². The van der Waals surface area contributed by atoms with E-state index in [1.807, 2.05) is 13.0 Å². The van der Waals surface area contributed by atoms with E-state index in [4.69, 9.17) is 23.2 Å². The monoisotopic (exact) mass is 328 g/mol. The van der Waals surface area contributed by atoms with Gasteiger partial charge in [0, 0.05) is 16.6 Å². The standard InChI is InChI=1S/C16H22Cl2N2O/c1-11-4-3-7-20(9-11)10-16(21)19-12(2)14-6-5-13(17)8-15(14)18/h5-6,8,11-12H,3-4,7,9-10H2,1-2H3,(H,19,21)/t11-,12+/m1/s1. The first-order valence-corrected chi connectivity index (χ1v) is 8.18. The summed E-state index contributed by atoms with van der Waals surface area (Å²) in [7, 11) is 0. The Morgan fingerprint density at radius 3 is 2.90 bits per heavy atom. The summed E-state index contributed by atoms with van der Waals surface area (Å²) in [5.41, 5.74) is 0.890. The third-order valence-corrected chi connectivity index (χ3v) is 4.48. The highest BCUT2D eigenvalue weighted by Gasteiger charge is 2.20. The molecule has 1 N–H and O–H groups in total. The molecule has 3 nitrogen and oxygen atoms in total. The lowest BCUT2D eigenvalue weighted by atomic mass is 10.0. The second-order valence-electron chi connectivity index (χ2n) is 5.94. The van der Waals surface area contributed by atoms with Crippen LogP contribution in [0.3, 0.4) is 0 Å². The highest BCUT2D eigenvalue weighted by molar-refractivity contribution is 6.35. The average molecular weight is 329 g/mol. The largest absolute Gasteiger partial charge is 0.348 e. The van der Waals surface area contributed by atoms with Crippen LogP contribution in [0, 0.1) is 5.92 Å². The SMILES string of the molecule is C[C@@H]1CCCN(CC(=O)N[C@@H](C)c2ccc(Cl)cc2Cl)C1. The van der Waals surface area contributed by atoms with Crippen molar-refractivity contribution >= 4 is 29.1 Å². The summed E-state index contributed by atoms with van der Waals surface area (Å²) in [6, 6.07) is 5.23. The number of hydrogen-bond donors (Lipinski definition) is 1. The van der Waals surface area contributed by atoms with E-state index in [0.717, 1.165) is 18.7 Å². The van der Waals surface area contributed by atoms with Crippen molar-refractivity contribution in [3.05, 3.63) is 33.8 Å². The van der Waals surface area contributed by atoms with Gasteiger partial charge in [-0.3, -0.25) is 9.69 Å². The van der Waals surface area contributed by atoms with Gasteiger partial charge in [-0.15, -0.1) is 0 Å². The normalized spacial score (nSPS) is 21.0. The minimum atomic E-state index is -0.121. The van der Waals surface area contributed by atoms with Crippen molar-refractivity contribution in [2.75, 3.05) is 19.6 Å². The Balaban J connectivity index is 1.89. The molecule has 2 atom stereocenters. The predicted molar refractivity (Wildman–Crippen MR) is 87.9 cm³/mol. The quantitative estimate of drug-likeness (QED) is 0.908. The number of amides is 1. The smallest absolute Gasteiger partial charge is 0.234 e. The molecule has 5 heteroatoms. The van der Waals surface area contributed by atoms with Gasteiger partial charge in [0.2, 0.25) is 5.91 Å². The first-order chi connectivity index (χ1) is 9.95. The van der Waals surface area contributed by atoms with Gasteiger partial charge in [0.25, 0.3) is 0 Å². The number of likely N-dealkylation sites (tertiary alicyclic amines) is 1. The number of nitrogens with zero attached hydrogens (tertiary/aromatic N) is 1. The lowest BCUT2D eigenvalue weighted by molar-refractivity contribution is -0.123. The second-order valence-corrected chi connectivity index (χ2v) is 6.78. The molecule has 0 spiro atoms. The van der Waals surface area contributed by atoms with Crippen molar-refractivity contribution in [3.63, 3.8) is 0 Å². The van der Waals surface area contributed by atoms with Gasteiger partial charge in [0.05, 0.1) is 12.6 Å². The summed E-state index contributed by atoms with van der Waals surface area (Å²) in [4.78, 5) is 14.4. The molecule has 0 bridgehead atoms. The molecule has 1 aromatic carbocycles. The maximum absolute atomic E-state index is 12.2. The Labute approximate surface area is 136 Å². The Morgan fingerprint density at radius 1 is 1.48 bits per heavy atom. The first kappa shape index (κ1) is 16.6. The highest BCUT2D eigenvalue weighted by Crippen LogP contribution is 2.26. The van der Waals surface area contributed by atoms with E-state index in [1.54, 1.807) is 12.1 Å². The van der Waals surface area contributed by atoms with Crippen molar-refractivity contribution in [2.24, 2.45) is 5.92 Å². The van der Waals surface area contributed by atoms with Gasteiger partial charge in [-0.25, -0.2) is 0 Å². The third kappa shape index (κ3) is 4.87. The zero-order chi connectivity index (χ0) is 15.4. The minimum Gasteiger partial charge on any atom is -0.348 e. The maximum Gasteiger partial charge on any atom is 0.234 e. The van der Waals surface area contributed by atoms with Crippen LogP contribution >= 0.6 is 23.2 Å². The van der Waals surface area contributed by atoms with E-state index in [0.29, 0.717) is 22.5 Å². The van der Waals surface area contributed by atoms with E-state index in [-0.39, 0.29) is 11.9 Å².